The van der Waals surface area contributed by atoms with Crippen LogP contribution in [0.15, 0.2) is 12.1 Å². The van der Waals surface area contributed by atoms with Crippen molar-refractivity contribution in [1.82, 2.24) is 5.32 Å². The second-order valence-corrected chi connectivity index (χ2v) is 5.74. The summed E-state index contributed by atoms with van der Waals surface area (Å²) in [4.78, 5) is 23.5. The Bertz CT molecular complexity index is 534. The van der Waals surface area contributed by atoms with Crippen molar-refractivity contribution in [3.05, 3.63) is 32.8 Å². The zero-order chi connectivity index (χ0) is 16.0. The number of nitrogens with one attached hydrogen (secondary N) is 1. The summed E-state index contributed by atoms with van der Waals surface area (Å²) in [5, 5.41) is 3.04. The summed E-state index contributed by atoms with van der Waals surface area (Å²) in [7, 11) is 0. The minimum atomic E-state index is -0.786. The fraction of sp³-hybridized carbons (Fsp3) is 0.429. The molecule has 1 N–H and O–H groups in total. The number of hydrogen-bond donors (Lipinski definition) is 1. The molecule has 0 aliphatic rings. The summed E-state index contributed by atoms with van der Waals surface area (Å²) < 4.78 is 4.91. The van der Waals surface area contributed by atoms with Gasteiger partial charge in [0.15, 0.2) is 6.61 Å². The summed E-state index contributed by atoms with van der Waals surface area (Å²) in [6, 6.07) is 2.94. The molecule has 0 bridgehead atoms. The quantitative estimate of drug-likeness (QED) is 0.619. The number of benzene rings is 1. The van der Waals surface area contributed by atoms with Crippen LogP contribution in [0.1, 0.15) is 37.0 Å². The van der Waals surface area contributed by atoms with Crippen LogP contribution in [-0.2, 0) is 9.53 Å². The molecule has 7 heteroatoms. The minimum absolute atomic E-state index is 0.00826. The van der Waals surface area contributed by atoms with Gasteiger partial charge in [-0.1, -0.05) is 48.1 Å². The van der Waals surface area contributed by atoms with Gasteiger partial charge in [-0.15, -0.1) is 0 Å². The smallest absolute Gasteiger partial charge is 0.341 e. The van der Waals surface area contributed by atoms with Crippen LogP contribution < -0.4 is 5.32 Å². The summed E-state index contributed by atoms with van der Waals surface area (Å²) in [6.45, 7) is 3.51. The lowest BCUT2D eigenvalue weighted by Gasteiger charge is -2.13. The maximum absolute atomic E-state index is 11.9. The Morgan fingerprint density at radius 1 is 1.24 bits per heavy atom. The van der Waals surface area contributed by atoms with Crippen LogP contribution in [0.2, 0.25) is 15.1 Å². The maximum Gasteiger partial charge on any atom is 0.341 e. The van der Waals surface area contributed by atoms with Crippen LogP contribution in [-0.4, -0.2) is 24.5 Å². The number of ether oxygens (including phenoxy) is 1. The Kier molecular flexibility index (Phi) is 7.29. The molecule has 0 saturated heterocycles. The van der Waals surface area contributed by atoms with Crippen LogP contribution in [0.25, 0.3) is 0 Å². The average molecular weight is 353 g/mol. The van der Waals surface area contributed by atoms with Crippen molar-refractivity contribution in [2.24, 2.45) is 0 Å². The van der Waals surface area contributed by atoms with Gasteiger partial charge in [0.05, 0.1) is 20.6 Å². The van der Waals surface area contributed by atoms with Crippen LogP contribution in [0, 0.1) is 0 Å². The Morgan fingerprint density at radius 3 is 2.48 bits per heavy atom. The maximum atomic E-state index is 11.9. The number of carbonyl (C=O) groups is 2. The largest absolute Gasteiger partial charge is 0.452 e. The van der Waals surface area contributed by atoms with Gasteiger partial charge in [-0.3, -0.25) is 4.79 Å². The third-order valence-corrected chi connectivity index (χ3v) is 3.83. The zero-order valence-electron chi connectivity index (χ0n) is 11.7. The molecular weight excluding hydrogens is 337 g/mol. The molecule has 116 valence electrons. The van der Waals surface area contributed by atoms with E-state index in [0.29, 0.717) is 0 Å². The van der Waals surface area contributed by atoms with Crippen LogP contribution in [0.5, 0.6) is 0 Å². The van der Waals surface area contributed by atoms with E-state index in [-0.39, 0.29) is 32.6 Å². The van der Waals surface area contributed by atoms with E-state index in [1.165, 1.54) is 12.1 Å². The minimum Gasteiger partial charge on any atom is -0.452 e. The summed E-state index contributed by atoms with van der Waals surface area (Å²) in [5.74, 6) is -1.16. The lowest BCUT2D eigenvalue weighted by molar-refractivity contribution is -0.124. The lowest BCUT2D eigenvalue weighted by atomic mass is 10.2. The van der Waals surface area contributed by atoms with E-state index in [1.54, 1.807) is 0 Å². The molecule has 0 aliphatic carbocycles. The topological polar surface area (TPSA) is 55.4 Å². The highest BCUT2D eigenvalue weighted by molar-refractivity contribution is 6.46. The van der Waals surface area contributed by atoms with Crippen molar-refractivity contribution in [2.75, 3.05) is 6.61 Å². The van der Waals surface area contributed by atoms with Gasteiger partial charge in [0.1, 0.15) is 0 Å². The predicted molar refractivity (Wildman–Crippen MR) is 84.3 cm³/mol. The van der Waals surface area contributed by atoms with Gasteiger partial charge in [-0.2, -0.15) is 0 Å². The molecule has 0 heterocycles. The van der Waals surface area contributed by atoms with Crippen molar-refractivity contribution in [2.45, 2.75) is 32.7 Å². The van der Waals surface area contributed by atoms with E-state index in [0.717, 1.165) is 12.8 Å². The van der Waals surface area contributed by atoms with Crippen molar-refractivity contribution in [3.8, 4) is 0 Å². The molecule has 1 amide bonds. The number of amides is 1. The molecule has 1 aromatic rings. The highest BCUT2D eigenvalue weighted by atomic mass is 35.5. The number of halogens is 3. The predicted octanol–water partition coefficient (Wildman–Crippen LogP) is 4.11. The van der Waals surface area contributed by atoms with E-state index in [4.69, 9.17) is 39.5 Å². The second-order valence-electron chi connectivity index (χ2n) is 4.55. The first-order chi connectivity index (χ1) is 9.86. The molecule has 0 spiro atoms. The van der Waals surface area contributed by atoms with E-state index in [1.807, 2.05) is 13.8 Å². The number of hydrogen-bond acceptors (Lipinski definition) is 3. The summed E-state index contributed by atoms with van der Waals surface area (Å²) in [6.07, 6.45) is 1.81. The van der Waals surface area contributed by atoms with Gasteiger partial charge in [-0.25, -0.2) is 4.79 Å². The Labute approximate surface area is 138 Å². The molecule has 1 aromatic carbocycles. The van der Waals surface area contributed by atoms with E-state index in [9.17, 15) is 9.59 Å². The monoisotopic (exact) mass is 351 g/mol. The number of rotatable bonds is 6. The first-order valence-electron chi connectivity index (χ1n) is 6.46. The highest BCUT2D eigenvalue weighted by Crippen LogP contribution is 2.31. The van der Waals surface area contributed by atoms with Crippen LogP contribution in [0.3, 0.4) is 0 Å². The molecule has 0 fully saturated rings. The zero-order valence-corrected chi connectivity index (χ0v) is 14.0. The molecule has 0 aliphatic heterocycles. The SMILES string of the molecule is CCCC(C)NC(=O)COC(=O)c1c(Cl)ccc(Cl)c1Cl. The molecule has 4 nitrogen and oxygen atoms in total. The molecule has 0 radical (unpaired) electrons. The van der Waals surface area contributed by atoms with Crippen molar-refractivity contribution >= 4 is 46.7 Å². The Hall–Kier alpha value is -0.970. The fourth-order valence-electron chi connectivity index (χ4n) is 1.74. The third kappa shape index (κ3) is 5.38. The van der Waals surface area contributed by atoms with Gasteiger partial charge < -0.3 is 10.1 Å². The molecule has 1 rings (SSSR count). The van der Waals surface area contributed by atoms with Crippen LogP contribution >= 0.6 is 34.8 Å². The van der Waals surface area contributed by atoms with Crippen LogP contribution in [0.4, 0.5) is 0 Å². The van der Waals surface area contributed by atoms with Crippen molar-refractivity contribution < 1.29 is 14.3 Å². The molecule has 1 atom stereocenters. The van der Waals surface area contributed by atoms with Crippen molar-refractivity contribution in [1.29, 1.82) is 0 Å². The molecule has 21 heavy (non-hydrogen) atoms. The normalized spacial score (nSPS) is 11.9. The Balaban J connectivity index is 2.63. The standard InChI is InChI=1S/C14H16Cl3NO3/c1-3-4-8(2)18-11(19)7-21-14(20)12-9(15)5-6-10(16)13(12)17/h5-6,8H,3-4,7H2,1-2H3,(H,18,19). The lowest BCUT2D eigenvalue weighted by Crippen LogP contribution is -2.35. The van der Waals surface area contributed by atoms with E-state index < -0.39 is 12.6 Å². The van der Waals surface area contributed by atoms with Gasteiger partial charge in [0.25, 0.3) is 5.91 Å². The van der Waals surface area contributed by atoms with E-state index >= 15 is 0 Å². The van der Waals surface area contributed by atoms with Gasteiger partial charge in [0.2, 0.25) is 0 Å². The van der Waals surface area contributed by atoms with Gasteiger partial charge >= 0.3 is 5.97 Å². The van der Waals surface area contributed by atoms with E-state index in [2.05, 4.69) is 5.32 Å². The number of carbonyl (C=O) groups excluding carboxylic acids is 2. The summed E-state index contributed by atoms with van der Waals surface area (Å²) in [5.41, 5.74) is -0.0414. The Morgan fingerprint density at radius 2 is 1.86 bits per heavy atom. The highest BCUT2D eigenvalue weighted by Gasteiger charge is 2.20. The third-order valence-electron chi connectivity index (χ3n) is 2.71. The molecule has 0 aromatic heterocycles. The fourth-order valence-corrected chi connectivity index (χ4v) is 2.42. The van der Waals surface area contributed by atoms with Gasteiger partial charge in [0, 0.05) is 6.04 Å². The summed E-state index contributed by atoms with van der Waals surface area (Å²) >= 11 is 17.6. The first kappa shape index (κ1) is 18.1. The second kappa shape index (κ2) is 8.47. The average Bonchev–Trinajstić information content (AvgIpc) is 2.41. The van der Waals surface area contributed by atoms with Crippen molar-refractivity contribution in [3.63, 3.8) is 0 Å². The molecule has 1 unspecified atom stereocenters. The number of esters is 1. The first-order valence-corrected chi connectivity index (χ1v) is 7.60. The molecular formula is C14H16Cl3NO3. The molecule has 0 saturated carbocycles. The van der Waals surface area contributed by atoms with Gasteiger partial charge in [-0.05, 0) is 25.5 Å².